The van der Waals surface area contributed by atoms with Crippen LogP contribution in [0, 0.1) is 0 Å². The molecular formula is C18H23NO5S. The SMILES string of the molecule is CCN(Cc1ccc(OC)c(OC)c1)S(=O)(=O)c1ccc(OC)cc1. The van der Waals surface area contributed by atoms with Crippen LogP contribution in [0.5, 0.6) is 17.2 Å². The molecule has 0 bridgehead atoms. The number of sulfonamides is 1. The number of rotatable bonds is 8. The molecule has 2 rings (SSSR count). The Balaban J connectivity index is 2.29. The minimum atomic E-state index is -3.60. The van der Waals surface area contributed by atoms with Crippen LogP contribution < -0.4 is 14.2 Å². The van der Waals surface area contributed by atoms with Crippen molar-refractivity contribution in [1.82, 2.24) is 4.31 Å². The second kappa shape index (κ2) is 8.22. The van der Waals surface area contributed by atoms with E-state index in [4.69, 9.17) is 14.2 Å². The number of hydrogen-bond acceptors (Lipinski definition) is 5. The summed E-state index contributed by atoms with van der Waals surface area (Å²) in [5, 5.41) is 0. The predicted molar refractivity (Wildman–Crippen MR) is 95.8 cm³/mol. The summed E-state index contributed by atoms with van der Waals surface area (Å²) in [6.07, 6.45) is 0. The zero-order chi connectivity index (χ0) is 18.4. The lowest BCUT2D eigenvalue weighted by Crippen LogP contribution is -2.30. The molecule has 2 aromatic rings. The van der Waals surface area contributed by atoms with Gasteiger partial charge in [-0.1, -0.05) is 13.0 Å². The van der Waals surface area contributed by atoms with Gasteiger partial charge >= 0.3 is 0 Å². The first-order valence-corrected chi connectivity index (χ1v) is 9.25. The third-order valence-corrected chi connectivity index (χ3v) is 5.79. The maximum Gasteiger partial charge on any atom is 0.243 e. The molecule has 6 nitrogen and oxygen atoms in total. The molecule has 0 fully saturated rings. The van der Waals surface area contributed by atoms with E-state index in [1.54, 1.807) is 57.7 Å². The van der Waals surface area contributed by atoms with Crippen molar-refractivity contribution in [2.24, 2.45) is 0 Å². The van der Waals surface area contributed by atoms with Crippen LogP contribution >= 0.6 is 0 Å². The van der Waals surface area contributed by atoms with Gasteiger partial charge in [0.05, 0.1) is 26.2 Å². The van der Waals surface area contributed by atoms with E-state index >= 15 is 0 Å². The van der Waals surface area contributed by atoms with Crippen molar-refractivity contribution < 1.29 is 22.6 Å². The van der Waals surface area contributed by atoms with Crippen LogP contribution in [-0.2, 0) is 16.6 Å². The molecule has 0 saturated carbocycles. The Bertz CT molecular complexity index is 803. The normalized spacial score (nSPS) is 11.4. The van der Waals surface area contributed by atoms with E-state index in [-0.39, 0.29) is 11.4 Å². The molecule has 2 aromatic carbocycles. The van der Waals surface area contributed by atoms with Gasteiger partial charge in [-0.3, -0.25) is 0 Å². The van der Waals surface area contributed by atoms with Crippen LogP contribution in [0.3, 0.4) is 0 Å². The second-order valence-corrected chi connectivity index (χ2v) is 7.23. The highest BCUT2D eigenvalue weighted by molar-refractivity contribution is 7.89. The molecule has 0 spiro atoms. The first-order valence-electron chi connectivity index (χ1n) is 7.81. The summed E-state index contributed by atoms with van der Waals surface area (Å²) < 4.78 is 42.7. The van der Waals surface area contributed by atoms with Gasteiger partial charge in [0.25, 0.3) is 0 Å². The van der Waals surface area contributed by atoms with E-state index in [1.807, 2.05) is 13.0 Å². The van der Waals surface area contributed by atoms with E-state index in [2.05, 4.69) is 0 Å². The predicted octanol–water partition coefficient (Wildman–Crippen LogP) is 2.92. The minimum absolute atomic E-state index is 0.232. The summed E-state index contributed by atoms with van der Waals surface area (Å²) in [4.78, 5) is 0.232. The highest BCUT2D eigenvalue weighted by atomic mass is 32.2. The highest BCUT2D eigenvalue weighted by Gasteiger charge is 2.23. The summed E-state index contributed by atoms with van der Waals surface area (Å²) in [5.74, 6) is 1.78. The Kier molecular flexibility index (Phi) is 6.27. The fraction of sp³-hybridized carbons (Fsp3) is 0.333. The van der Waals surface area contributed by atoms with E-state index in [9.17, 15) is 8.42 Å². The molecule has 0 amide bonds. The zero-order valence-corrected chi connectivity index (χ0v) is 15.7. The Morgan fingerprint density at radius 2 is 1.52 bits per heavy atom. The van der Waals surface area contributed by atoms with Crippen molar-refractivity contribution in [1.29, 1.82) is 0 Å². The Morgan fingerprint density at radius 3 is 2.04 bits per heavy atom. The van der Waals surface area contributed by atoms with Crippen LogP contribution in [-0.4, -0.2) is 40.6 Å². The Morgan fingerprint density at radius 1 is 0.880 bits per heavy atom. The number of ether oxygens (including phenoxy) is 3. The standard InChI is InChI=1S/C18H23NO5S/c1-5-19(13-14-6-11-17(23-3)18(12-14)24-4)25(20,21)16-9-7-15(22-2)8-10-16/h6-12H,5,13H2,1-4H3. The summed E-state index contributed by atoms with van der Waals surface area (Å²) in [7, 11) is 1.05. The maximum absolute atomic E-state index is 12.9. The van der Waals surface area contributed by atoms with E-state index in [0.717, 1.165) is 5.56 Å². The third-order valence-electron chi connectivity index (χ3n) is 3.86. The van der Waals surface area contributed by atoms with Crippen molar-refractivity contribution in [3.63, 3.8) is 0 Å². The van der Waals surface area contributed by atoms with Crippen molar-refractivity contribution in [2.75, 3.05) is 27.9 Å². The van der Waals surface area contributed by atoms with Gasteiger partial charge in [0.2, 0.25) is 10.0 Å². The molecule has 0 saturated heterocycles. The van der Waals surface area contributed by atoms with Gasteiger partial charge in [-0.2, -0.15) is 4.31 Å². The molecule has 0 aliphatic carbocycles. The molecule has 0 heterocycles. The van der Waals surface area contributed by atoms with Crippen LogP contribution in [0.2, 0.25) is 0 Å². The average Bonchev–Trinajstić information content (AvgIpc) is 2.65. The molecule has 25 heavy (non-hydrogen) atoms. The van der Waals surface area contributed by atoms with Crippen LogP contribution in [0.25, 0.3) is 0 Å². The Labute approximate surface area is 149 Å². The van der Waals surface area contributed by atoms with Gasteiger partial charge in [0, 0.05) is 13.1 Å². The quantitative estimate of drug-likeness (QED) is 0.720. The lowest BCUT2D eigenvalue weighted by atomic mass is 10.2. The summed E-state index contributed by atoms with van der Waals surface area (Å²) in [6.45, 7) is 2.40. The van der Waals surface area contributed by atoms with Crippen molar-refractivity contribution in [2.45, 2.75) is 18.4 Å². The van der Waals surface area contributed by atoms with Crippen LogP contribution in [0.1, 0.15) is 12.5 Å². The minimum Gasteiger partial charge on any atom is -0.497 e. The van der Waals surface area contributed by atoms with E-state index < -0.39 is 10.0 Å². The first kappa shape index (κ1) is 19.1. The molecule has 0 aliphatic heterocycles. The number of benzene rings is 2. The molecule has 136 valence electrons. The number of methoxy groups -OCH3 is 3. The monoisotopic (exact) mass is 365 g/mol. The zero-order valence-electron chi connectivity index (χ0n) is 14.9. The van der Waals surface area contributed by atoms with Crippen molar-refractivity contribution in [3.8, 4) is 17.2 Å². The van der Waals surface area contributed by atoms with Gasteiger partial charge in [-0.15, -0.1) is 0 Å². The number of nitrogens with zero attached hydrogens (tertiary/aromatic N) is 1. The van der Waals surface area contributed by atoms with Gasteiger partial charge in [0.15, 0.2) is 11.5 Å². The number of hydrogen-bond donors (Lipinski definition) is 0. The summed E-state index contributed by atoms with van der Waals surface area (Å²) in [6, 6.07) is 11.7. The van der Waals surface area contributed by atoms with Crippen LogP contribution in [0.15, 0.2) is 47.4 Å². The lowest BCUT2D eigenvalue weighted by molar-refractivity contribution is 0.353. The largest absolute Gasteiger partial charge is 0.497 e. The van der Waals surface area contributed by atoms with E-state index in [0.29, 0.717) is 23.8 Å². The van der Waals surface area contributed by atoms with Gasteiger partial charge < -0.3 is 14.2 Å². The third kappa shape index (κ3) is 4.24. The molecule has 0 unspecified atom stereocenters. The molecule has 0 aromatic heterocycles. The van der Waals surface area contributed by atoms with Crippen LogP contribution in [0.4, 0.5) is 0 Å². The average molecular weight is 365 g/mol. The fourth-order valence-electron chi connectivity index (χ4n) is 2.45. The topological polar surface area (TPSA) is 65.1 Å². The fourth-order valence-corrected chi connectivity index (χ4v) is 3.88. The highest BCUT2D eigenvalue weighted by Crippen LogP contribution is 2.29. The molecule has 0 atom stereocenters. The molecular weight excluding hydrogens is 342 g/mol. The van der Waals surface area contributed by atoms with Crippen molar-refractivity contribution >= 4 is 10.0 Å². The molecule has 0 radical (unpaired) electrons. The lowest BCUT2D eigenvalue weighted by Gasteiger charge is -2.21. The van der Waals surface area contributed by atoms with Gasteiger partial charge in [-0.25, -0.2) is 8.42 Å². The molecule has 7 heteroatoms. The van der Waals surface area contributed by atoms with Gasteiger partial charge in [-0.05, 0) is 42.0 Å². The summed E-state index contributed by atoms with van der Waals surface area (Å²) >= 11 is 0. The van der Waals surface area contributed by atoms with Crippen molar-refractivity contribution in [3.05, 3.63) is 48.0 Å². The molecule has 0 aliphatic rings. The molecule has 0 N–H and O–H groups in total. The smallest absolute Gasteiger partial charge is 0.243 e. The maximum atomic E-state index is 12.9. The second-order valence-electron chi connectivity index (χ2n) is 5.30. The Hall–Kier alpha value is -2.25. The van der Waals surface area contributed by atoms with Gasteiger partial charge in [0.1, 0.15) is 5.75 Å². The summed E-state index contributed by atoms with van der Waals surface area (Å²) in [5.41, 5.74) is 0.816. The first-order chi connectivity index (χ1) is 12.0. The van der Waals surface area contributed by atoms with E-state index in [1.165, 1.54) is 4.31 Å².